The predicted molar refractivity (Wildman–Crippen MR) is 78.8 cm³/mol. The first-order chi connectivity index (χ1) is 10.0. The van der Waals surface area contributed by atoms with Crippen molar-refractivity contribution in [2.75, 3.05) is 12.4 Å². The fraction of sp³-hybridized carbons (Fsp3) is 0.267. The van der Waals surface area contributed by atoms with Gasteiger partial charge in [0.15, 0.2) is 9.84 Å². The second kappa shape index (κ2) is 6.58. The number of carbonyl (C=O) groups excluding carboxylic acids is 1. The Morgan fingerprint density at radius 3 is 2.48 bits per heavy atom. The van der Waals surface area contributed by atoms with Gasteiger partial charge in [0, 0.05) is 13.2 Å². The molecule has 1 heterocycles. The van der Waals surface area contributed by atoms with E-state index in [0.29, 0.717) is 10.6 Å². The Bertz CT molecular complexity index is 704. The number of hydrogen-bond donors (Lipinski definition) is 0. The Kier molecular flexibility index (Phi) is 4.80. The molecule has 1 aromatic carbocycles. The van der Waals surface area contributed by atoms with Gasteiger partial charge in [0.1, 0.15) is 5.69 Å². The molecule has 0 saturated carbocycles. The molecule has 112 valence electrons. The van der Waals surface area contributed by atoms with E-state index >= 15 is 0 Å². The van der Waals surface area contributed by atoms with Crippen molar-refractivity contribution in [2.24, 2.45) is 7.05 Å². The van der Waals surface area contributed by atoms with Gasteiger partial charge in [-0.05, 0) is 30.7 Å². The number of aromatic nitrogens is 1. The SMILES string of the molecule is Cn1cccc1C(=O)OCCCS(=O)(=O)c1ccccc1. The number of ether oxygens (including phenoxy) is 1. The molecule has 0 saturated heterocycles. The maximum Gasteiger partial charge on any atom is 0.354 e. The Balaban J connectivity index is 1.83. The summed E-state index contributed by atoms with van der Waals surface area (Å²) < 4.78 is 30.8. The van der Waals surface area contributed by atoms with E-state index in [2.05, 4.69) is 0 Å². The monoisotopic (exact) mass is 307 g/mol. The Morgan fingerprint density at radius 1 is 1.14 bits per heavy atom. The highest BCUT2D eigenvalue weighted by Crippen LogP contribution is 2.11. The van der Waals surface area contributed by atoms with E-state index in [1.807, 2.05) is 0 Å². The van der Waals surface area contributed by atoms with Crippen LogP contribution in [0.5, 0.6) is 0 Å². The quantitative estimate of drug-likeness (QED) is 0.605. The fourth-order valence-corrected chi connectivity index (χ4v) is 3.21. The van der Waals surface area contributed by atoms with E-state index in [1.54, 1.807) is 60.3 Å². The van der Waals surface area contributed by atoms with E-state index < -0.39 is 15.8 Å². The smallest absolute Gasteiger partial charge is 0.354 e. The first kappa shape index (κ1) is 15.3. The number of nitrogens with zero attached hydrogens (tertiary/aromatic N) is 1. The normalized spacial score (nSPS) is 11.3. The van der Waals surface area contributed by atoms with E-state index in [-0.39, 0.29) is 18.8 Å². The third-order valence-electron chi connectivity index (χ3n) is 3.05. The van der Waals surface area contributed by atoms with Crippen molar-refractivity contribution in [3.05, 3.63) is 54.4 Å². The summed E-state index contributed by atoms with van der Waals surface area (Å²) >= 11 is 0. The number of sulfone groups is 1. The third-order valence-corrected chi connectivity index (χ3v) is 4.86. The summed E-state index contributed by atoms with van der Waals surface area (Å²) in [5.74, 6) is -0.489. The van der Waals surface area contributed by atoms with Gasteiger partial charge in [-0.2, -0.15) is 0 Å². The summed E-state index contributed by atoms with van der Waals surface area (Å²) in [6.07, 6.45) is 2.02. The van der Waals surface area contributed by atoms with Crippen molar-refractivity contribution in [2.45, 2.75) is 11.3 Å². The lowest BCUT2D eigenvalue weighted by Gasteiger charge is -2.06. The average Bonchev–Trinajstić information content (AvgIpc) is 2.90. The van der Waals surface area contributed by atoms with Crippen LogP contribution in [0, 0.1) is 0 Å². The Labute approximate surface area is 124 Å². The van der Waals surface area contributed by atoms with Gasteiger partial charge in [0.05, 0.1) is 17.3 Å². The summed E-state index contributed by atoms with van der Waals surface area (Å²) in [7, 11) is -1.57. The Hall–Kier alpha value is -2.08. The van der Waals surface area contributed by atoms with Crippen LogP contribution in [0.25, 0.3) is 0 Å². The maximum absolute atomic E-state index is 12.0. The van der Waals surface area contributed by atoms with Crippen LogP contribution in [0.3, 0.4) is 0 Å². The topological polar surface area (TPSA) is 65.4 Å². The van der Waals surface area contributed by atoms with Gasteiger partial charge in [-0.3, -0.25) is 0 Å². The zero-order valence-electron chi connectivity index (χ0n) is 11.7. The minimum absolute atomic E-state index is 0.0442. The van der Waals surface area contributed by atoms with Crippen molar-refractivity contribution in [1.82, 2.24) is 4.57 Å². The fourth-order valence-electron chi connectivity index (χ4n) is 1.91. The number of aryl methyl sites for hydroxylation is 1. The van der Waals surface area contributed by atoms with Crippen LogP contribution >= 0.6 is 0 Å². The van der Waals surface area contributed by atoms with Gasteiger partial charge in [-0.1, -0.05) is 18.2 Å². The summed E-state index contributed by atoms with van der Waals surface area (Å²) in [6.45, 7) is 0.0794. The second-order valence-corrected chi connectivity index (χ2v) is 6.73. The average molecular weight is 307 g/mol. The zero-order chi connectivity index (χ0) is 15.3. The molecule has 0 unspecified atom stereocenters. The van der Waals surface area contributed by atoms with Crippen molar-refractivity contribution in [3.63, 3.8) is 0 Å². The van der Waals surface area contributed by atoms with Gasteiger partial charge >= 0.3 is 5.97 Å². The molecule has 0 fully saturated rings. The Morgan fingerprint density at radius 2 is 1.86 bits per heavy atom. The summed E-state index contributed by atoms with van der Waals surface area (Å²) in [5.41, 5.74) is 0.445. The standard InChI is InChI=1S/C15H17NO4S/c1-16-10-5-9-14(16)15(17)20-11-6-12-21(18,19)13-7-3-2-4-8-13/h2-5,7-10H,6,11-12H2,1H3. The van der Waals surface area contributed by atoms with E-state index in [0.717, 1.165) is 0 Å². The largest absolute Gasteiger partial charge is 0.461 e. The highest BCUT2D eigenvalue weighted by Gasteiger charge is 2.15. The lowest BCUT2D eigenvalue weighted by atomic mass is 10.4. The molecule has 6 heteroatoms. The van der Waals surface area contributed by atoms with Crippen molar-refractivity contribution < 1.29 is 17.9 Å². The van der Waals surface area contributed by atoms with Crippen molar-refractivity contribution in [1.29, 1.82) is 0 Å². The first-order valence-corrected chi connectivity index (χ1v) is 8.22. The number of carbonyl (C=O) groups is 1. The molecule has 5 nitrogen and oxygen atoms in total. The summed E-state index contributed by atoms with van der Waals surface area (Å²) in [6, 6.07) is 11.7. The molecule has 0 N–H and O–H groups in total. The molecule has 0 spiro atoms. The lowest BCUT2D eigenvalue weighted by Crippen LogP contribution is -2.13. The molecular weight excluding hydrogens is 290 g/mol. The first-order valence-electron chi connectivity index (χ1n) is 6.57. The number of hydrogen-bond acceptors (Lipinski definition) is 4. The number of benzene rings is 1. The molecule has 0 bridgehead atoms. The van der Waals surface area contributed by atoms with Crippen molar-refractivity contribution in [3.8, 4) is 0 Å². The molecule has 0 aliphatic heterocycles. The van der Waals surface area contributed by atoms with E-state index in [1.165, 1.54) is 0 Å². The minimum Gasteiger partial charge on any atom is -0.461 e. The predicted octanol–water partition coefficient (Wildman–Crippen LogP) is 2.05. The molecule has 2 aromatic rings. The second-order valence-electron chi connectivity index (χ2n) is 4.63. The summed E-state index contributed by atoms with van der Waals surface area (Å²) in [5, 5.41) is 0. The third kappa shape index (κ3) is 3.95. The van der Waals surface area contributed by atoms with E-state index in [9.17, 15) is 13.2 Å². The van der Waals surface area contributed by atoms with Crippen LogP contribution in [-0.2, 0) is 21.6 Å². The molecule has 0 radical (unpaired) electrons. The van der Waals surface area contributed by atoms with Crippen LogP contribution < -0.4 is 0 Å². The highest BCUT2D eigenvalue weighted by molar-refractivity contribution is 7.91. The molecule has 0 atom stereocenters. The highest BCUT2D eigenvalue weighted by atomic mass is 32.2. The van der Waals surface area contributed by atoms with Gasteiger partial charge in [0.25, 0.3) is 0 Å². The van der Waals surface area contributed by atoms with E-state index in [4.69, 9.17) is 4.74 Å². The molecule has 0 aliphatic carbocycles. The number of rotatable bonds is 6. The van der Waals surface area contributed by atoms with Crippen molar-refractivity contribution >= 4 is 15.8 Å². The van der Waals surface area contributed by atoms with Crippen LogP contribution in [0.2, 0.25) is 0 Å². The minimum atomic E-state index is -3.32. The van der Waals surface area contributed by atoms with Gasteiger partial charge < -0.3 is 9.30 Å². The lowest BCUT2D eigenvalue weighted by molar-refractivity contribution is 0.0494. The molecule has 0 aliphatic rings. The van der Waals surface area contributed by atoms with Crippen LogP contribution in [-0.4, -0.2) is 31.3 Å². The van der Waals surface area contributed by atoms with Crippen LogP contribution in [0.4, 0.5) is 0 Å². The maximum atomic E-state index is 12.0. The molecule has 0 amide bonds. The molecular formula is C15H17NO4S. The summed E-state index contributed by atoms with van der Waals surface area (Å²) in [4.78, 5) is 12.0. The van der Waals surface area contributed by atoms with Gasteiger partial charge in [-0.25, -0.2) is 13.2 Å². The van der Waals surface area contributed by atoms with Gasteiger partial charge in [0.2, 0.25) is 0 Å². The molecule has 1 aromatic heterocycles. The van der Waals surface area contributed by atoms with Crippen LogP contribution in [0.1, 0.15) is 16.9 Å². The van der Waals surface area contributed by atoms with Gasteiger partial charge in [-0.15, -0.1) is 0 Å². The number of esters is 1. The molecule has 2 rings (SSSR count). The van der Waals surface area contributed by atoms with Crippen LogP contribution in [0.15, 0.2) is 53.6 Å². The molecule has 21 heavy (non-hydrogen) atoms. The zero-order valence-corrected chi connectivity index (χ0v) is 12.5.